The van der Waals surface area contributed by atoms with Crippen molar-refractivity contribution in [3.8, 4) is 12.0 Å². The highest BCUT2D eigenvalue weighted by atomic mass is 16.7. The zero-order chi connectivity index (χ0) is 11.0. The summed E-state index contributed by atoms with van der Waals surface area (Å²) < 4.78 is 14.5. The standard InChI is InChI=1S/C5H10O2.C5H6O2/c1-4-3-6-5(2)7-4;1-5(6)3-4-7-2/h4-5H,3H2,1-2H3;1-2H3. The Morgan fingerprint density at radius 1 is 1.50 bits per heavy atom. The van der Waals surface area contributed by atoms with E-state index in [-0.39, 0.29) is 12.1 Å². The molecule has 4 nitrogen and oxygen atoms in total. The van der Waals surface area contributed by atoms with Gasteiger partial charge in [-0.1, -0.05) is 0 Å². The number of rotatable bonds is 0. The molecule has 1 saturated heterocycles. The van der Waals surface area contributed by atoms with Crippen molar-refractivity contribution >= 4 is 5.78 Å². The van der Waals surface area contributed by atoms with Crippen LogP contribution in [0.5, 0.6) is 0 Å². The number of carbonyl (C=O) groups is 1. The van der Waals surface area contributed by atoms with E-state index in [0.29, 0.717) is 6.10 Å². The van der Waals surface area contributed by atoms with Crippen LogP contribution >= 0.6 is 0 Å². The molecule has 80 valence electrons. The second-order valence-corrected chi connectivity index (χ2v) is 2.84. The third kappa shape index (κ3) is 7.59. The van der Waals surface area contributed by atoms with Crippen LogP contribution in [0.25, 0.3) is 0 Å². The lowest BCUT2D eigenvalue weighted by atomic mass is 10.5. The highest BCUT2D eigenvalue weighted by Crippen LogP contribution is 2.08. The maximum Gasteiger partial charge on any atom is 0.205 e. The van der Waals surface area contributed by atoms with Crippen LogP contribution in [0.1, 0.15) is 20.8 Å². The van der Waals surface area contributed by atoms with Gasteiger partial charge >= 0.3 is 0 Å². The fourth-order valence-electron chi connectivity index (χ4n) is 0.800. The van der Waals surface area contributed by atoms with Crippen LogP contribution in [0.4, 0.5) is 0 Å². The summed E-state index contributed by atoms with van der Waals surface area (Å²) in [5.41, 5.74) is 0. The van der Waals surface area contributed by atoms with Gasteiger partial charge in [0, 0.05) is 12.8 Å². The minimum Gasteiger partial charge on any atom is -0.450 e. The van der Waals surface area contributed by atoms with Crippen LogP contribution in [0.3, 0.4) is 0 Å². The van der Waals surface area contributed by atoms with Crippen molar-refractivity contribution in [2.24, 2.45) is 0 Å². The van der Waals surface area contributed by atoms with Crippen molar-refractivity contribution in [1.82, 2.24) is 0 Å². The predicted octanol–water partition coefficient (Wildman–Crippen LogP) is 0.950. The summed E-state index contributed by atoms with van der Waals surface area (Å²) in [5, 5.41) is 0. The van der Waals surface area contributed by atoms with Gasteiger partial charge in [0.1, 0.15) is 6.11 Å². The molecule has 0 bridgehead atoms. The highest BCUT2D eigenvalue weighted by Gasteiger charge is 2.16. The summed E-state index contributed by atoms with van der Waals surface area (Å²) in [4.78, 5) is 9.95. The molecule has 0 aromatic carbocycles. The molecule has 0 saturated carbocycles. The molecule has 1 aliphatic rings. The van der Waals surface area contributed by atoms with Crippen LogP contribution in [0, 0.1) is 12.0 Å². The fourth-order valence-corrected chi connectivity index (χ4v) is 0.800. The monoisotopic (exact) mass is 200 g/mol. The minimum atomic E-state index is -0.179. The van der Waals surface area contributed by atoms with Crippen LogP contribution in [-0.4, -0.2) is 31.9 Å². The van der Waals surface area contributed by atoms with Gasteiger partial charge in [-0.05, 0) is 13.8 Å². The Bertz CT molecular complexity index is 218. The molecule has 0 aromatic rings. The van der Waals surface area contributed by atoms with Crippen molar-refractivity contribution < 1.29 is 19.0 Å². The zero-order valence-electron chi connectivity index (χ0n) is 8.99. The van der Waals surface area contributed by atoms with Gasteiger partial charge in [-0.15, -0.1) is 0 Å². The quantitative estimate of drug-likeness (QED) is 0.546. The van der Waals surface area contributed by atoms with Crippen molar-refractivity contribution in [1.29, 1.82) is 0 Å². The fraction of sp³-hybridized carbons (Fsp3) is 0.700. The van der Waals surface area contributed by atoms with Crippen LogP contribution < -0.4 is 0 Å². The molecule has 1 fully saturated rings. The predicted molar refractivity (Wildman–Crippen MR) is 51.4 cm³/mol. The Morgan fingerprint density at radius 2 is 2.14 bits per heavy atom. The molecule has 0 radical (unpaired) electrons. The first-order valence-corrected chi connectivity index (χ1v) is 4.38. The molecular formula is C10H16O4. The largest absolute Gasteiger partial charge is 0.450 e. The third-order valence-electron chi connectivity index (χ3n) is 1.32. The van der Waals surface area contributed by atoms with Gasteiger partial charge in [-0.2, -0.15) is 0 Å². The molecule has 1 heterocycles. The number of carbonyl (C=O) groups excluding carboxylic acids is 1. The van der Waals surface area contributed by atoms with Crippen molar-refractivity contribution in [2.75, 3.05) is 13.7 Å². The Balaban J connectivity index is 0.000000241. The van der Waals surface area contributed by atoms with Gasteiger partial charge in [0.2, 0.25) is 5.78 Å². The number of ketones is 1. The molecule has 0 aliphatic carbocycles. The molecule has 2 unspecified atom stereocenters. The SMILES string of the molecule is CC1COC(C)O1.COC#CC(C)=O. The van der Waals surface area contributed by atoms with Gasteiger partial charge in [-0.25, -0.2) is 0 Å². The number of methoxy groups -OCH3 is 1. The molecule has 0 amide bonds. The van der Waals surface area contributed by atoms with E-state index in [1.165, 1.54) is 14.0 Å². The second-order valence-electron chi connectivity index (χ2n) is 2.84. The lowest BCUT2D eigenvalue weighted by molar-refractivity contribution is -0.111. The van der Waals surface area contributed by atoms with E-state index in [9.17, 15) is 4.79 Å². The first kappa shape index (κ1) is 12.9. The second kappa shape index (κ2) is 7.36. The minimum absolute atomic E-state index is 0.0231. The van der Waals surface area contributed by atoms with Crippen molar-refractivity contribution in [3.05, 3.63) is 0 Å². The zero-order valence-corrected chi connectivity index (χ0v) is 8.99. The van der Waals surface area contributed by atoms with Gasteiger partial charge in [0.05, 0.1) is 19.8 Å². The topological polar surface area (TPSA) is 44.8 Å². The van der Waals surface area contributed by atoms with E-state index in [1.54, 1.807) is 0 Å². The average Bonchev–Trinajstić information content (AvgIpc) is 2.47. The maximum absolute atomic E-state index is 9.95. The average molecular weight is 200 g/mol. The molecule has 4 heteroatoms. The van der Waals surface area contributed by atoms with E-state index in [4.69, 9.17) is 9.47 Å². The Hall–Kier alpha value is -1.05. The molecule has 14 heavy (non-hydrogen) atoms. The van der Waals surface area contributed by atoms with E-state index in [0.717, 1.165) is 6.61 Å². The molecule has 2 atom stereocenters. The molecule has 1 aliphatic heterocycles. The summed E-state index contributed by atoms with van der Waals surface area (Å²) in [6.07, 6.45) is 2.47. The summed E-state index contributed by atoms with van der Waals surface area (Å²) in [7, 11) is 1.41. The van der Waals surface area contributed by atoms with E-state index < -0.39 is 0 Å². The third-order valence-corrected chi connectivity index (χ3v) is 1.32. The molecule has 0 spiro atoms. The number of hydrogen-bond acceptors (Lipinski definition) is 4. The van der Waals surface area contributed by atoms with Gasteiger partial charge < -0.3 is 14.2 Å². The Kier molecular flexibility index (Phi) is 6.81. The smallest absolute Gasteiger partial charge is 0.205 e. The van der Waals surface area contributed by atoms with Crippen LogP contribution in [-0.2, 0) is 19.0 Å². The molecule has 1 rings (SSSR count). The first-order valence-electron chi connectivity index (χ1n) is 4.38. The number of ether oxygens (including phenoxy) is 3. The summed E-state index contributed by atoms with van der Waals surface area (Å²) in [5.74, 6) is 2.01. The highest BCUT2D eigenvalue weighted by molar-refractivity contribution is 5.92. The summed E-state index contributed by atoms with van der Waals surface area (Å²) in [6.45, 7) is 6.04. The van der Waals surface area contributed by atoms with E-state index in [2.05, 4.69) is 16.8 Å². The van der Waals surface area contributed by atoms with Crippen molar-refractivity contribution in [2.45, 2.75) is 33.2 Å². The maximum atomic E-state index is 9.95. The molecular weight excluding hydrogens is 184 g/mol. The Morgan fingerprint density at radius 3 is 2.29 bits per heavy atom. The number of Topliss-reactive ketones (excluding diaryl/α,β-unsaturated/α-hetero) is 1. The van der Waals surface area contributed by atoms with Crippen molar-refractivity contribution in [3.63, 3.8) is 0 Å². The molecule has 0 aromatic heterocycles. The van der Waals surface area contributed by atoms with Gasteiger partial charge in [-0.3, -0.25) is 4.79 Å². The van der Waals surface area contributed by atoms with Crippen LogP contribution in [0.2, 0.25) is 0 Å². The summed E-state index contributed by atoms with van der Waals surface area (Å²) >= 11 is 0. The Labute approximate surface area is 84.5 Å². The lowest BCUT2D eigenvalue weighted by Gasteiger charge is -1.98. The van der Waals surface area contributed by atoms with E-state index in [1.807, 2.05) is 13.8 Å². The first-order chi connectivity index (χ1) is 6.56. The summed E-state index contributed by atoms with van der Waals surface area (Å²) in [6, 6.07) is 0. The van der Waals surface area contributed by atoms with Gasteiger partial charge in [0.15, 0.2) is 6.29 Å². The number of hydrogen-bond donors (Lipinski definition) is 0. The van der Waals surface area contributed by atoms with E-state index >= 15 is 0 Å². The lowest BCUT2D eigenvalue weighted by Crippen LogP contribution is -2.03. The van der Waals surface area contributed by atoms with Crippen LogP contribution in [0.15, 0.2) is 0 Å². The molecule has 0 N–H and O–H groups in total. The normalized spacial score (nSPS) is 24.0. The van der Waals surface area contributed by atoms with Gasteiger partial charge in [0.25, 0.3) is 0 Å².